The molecule has 0 atom stereocenters. The quantitative estimate of drug-likeness (QED) is 0.743. The average molecular weight is 438 g/mol. The lowest BCUT2D eigenvalue weighted by molar-refractivity contribution is 0.594. The van der Waals surface area contributed by atoms with Crippen molar-refractivity contribution in [1.82, 2.24) is 0 Å². The Morgan fingerprint density at radius 2 is 1.86 bits per heavy atom. The van der Waals surface area contributed by atoms with E-state index in [-0.39, 0.29) is 16.3 Å². The number of nitrogen functional groups attached to an aromatic ring is 1. The van der Waals surface area contributed by atoms with Gasteiger partial charge in [-0.15, -0.1) is 0 Å². The number of hydrogen-bond acceptors (Lipinski definition) is 3. The maximum Gasteiger partial charge on any atom is 0.267 e. The SMILES string of the molecule is CN(c1cccc(F)c1)S(=O)(=O)c1c(N)cc(Br)cc1Br. The number of hydrogen-bond donors (Lipinski definition) is 1. The first kappa shape index (κ1) is 16.3. The van der Waals surface area contributed by atoms with Gasteiger partial charge in [0.2, 0.25) is 0 Å². The van der Waals surface area contributed by atoms with E-state index in [1.54, 1.807) is 6.07 Å². The molecule has 0 aliphatic rings. The van der Waals surface area contributed by atoms with Crippen LogP contribution in [0.5, 0.6) is 0 Å². The molecule has 0 heterocycles. The number of rotatable bonds is 3. The minimum atomic E-state index is -3.91. The molecule has 2 N–H and O–H groups in total. The van der Waals surface area contributed by atoms with Gasteiger partial charge >= 0.3 is 0 Å². The Morgan fingerprint density at radius 1 is 1.19 bits per heavy atom. The molecule has 2 rings (SSSR count). The van der Waals surface area contributed by atoms with E-state index in [2.05, 4.69) is 31.9 Å². The van der Waals surface area contributed by atoms with Crippen LogP contribution in [0.2, 0.25) is 0 Å². The Balaban J connectivity index is 2.57. The van der Waals surface area contributed by atoms with Crippen LogP contribution in [0.15, 0.2) is 50.2 Å². The molecule has 0 saturated heterocycles. The third-order valence-electron chi connectivity index (χ3n) is 2.83. The molecule has 0 aromatic heterocycles. The van der Waals surface area contributed by atoms with Crippen LogP contribution in [-0.4, -0.2) is 15.5 Å². The molecule has 0 fully saturated rings. The lowest BCUT2D eigenvalue weighted by Crippen LogP contribution is -2.27. The van der Waals surface area contributed by atoms with Crippen LogP contribution in [0.3, 0.4) is 0 Å². The Morgan fingerprint density at radius 3 is 2.43 bits per heavy atom. The molecule has 4 nitrogen and oxygen atoms in total. The van der Waals surface area contributed by atoms with Gasteiger partial charge < -0.3 is 5.73 Å². The number of sulfonamides is 1. The fourth-order valence-electron chi connectivity index (χ4n) is 1.80. The summed E-state index contributed by atoms with van der Waals surface area (Å²) in [4.78, 5) is -0.0579. The topological polar surface area (TPSA) is 63.4 Å². The molecule has 21 heavy (non-hydrogen) atoms. The van der Waals surface area contributed by atoms with E-state index in [9.17, 15) is 12.8 Å². The van der Waals surface area contributed by atoms with Crippen LogP contribution in [0, 0.1) is 5.82 Å². The summed E-state index contributed by atoms with van der Waals surface area (Å²) in [5, 5.41) is 0. The van der Waals surface area contributed by atoms with Crippen molar-refractivity contribution in [1.29, 1.82) is 0 Å². The van der Waals surface area contributed by atoms with Crippen molar-refractivity contribution in [2.75, 3.05) is 17.1 Å². The van der Waals surface area contributed by atoms with Crippen molar-refractivity contribution in [3.63, 3.8) is 0 Å². The Hall–Kier alpha value is -1.12. The maximum atomic E-state index is 13.3. The molecule has 112 valence electrons. The van der Waals surface area contributed by atoms with E-state index in [0.717, 1.165) is 10.4 Å². The Kier molecular flexibility index (Phi) is 4.60. The van der Waals surface area contributed by atoms with Gasteiger partial charge in [0.15, 0.2) is 0 Å². The van der Waals surface area contributed by atoms with Gasteiger partial charge in [-0.05, 0) is 46.3 Å². The molecule has 0 aliphatic carbocycles. The summed E-state index contributed by atoms with van der Waals surface area (Å²) >= 11 is 6.44. The first-order valence-electron chi connectivity index (χ1n) is 5.72. The van der Waals surface area contributed by atoms with Crippen LogP contribution < -0.4 is 10.0 Å². The third-order valence-corrected chi connectivity index (χ3v) is 6.08. The fourth-order valence-corrected chi connectivity index (χ4v) is 5.00. The standard InChI is InChI=1S/C13H11Br2FN2O2S/c1-18(10-4-2-3-9(16)7-10)21(19,20)13-11(15)5-8(14)6-12(13)17/h2-7H,17H2,1H3. The first-order chi connectivity index (χ1) is 9.73. The van der Waals surface area contributed by atoms with Crippen LogP contribution in [-0.2, 0) is 10.0 Å². The highest BCUT2D eigenvalue weighted by Crippen LogP contribution is 2.34. The van der Waals surface area contributed by atoms with Crippen LogP contribution in [0.1, 0.15) is 0 Å². The minimum absolute atomic E-state index is 0.0579. The summed E-state index contributed by atoms with van der Waals surface area (Å²) in [5.41, 5.74) is 6.12. The molecule has 0 radical (unpaired) electrons. The second kappa shape index (κ2) is 5.94. The van der Waals surface area contributed by atoms with E-state index < -0.39 is 15.8 Å². The Bertz CT molecular complexity index is 774. The second-order valence-electron chi connectivity index (χ2n) is 4.26. The van der Waals surface area contributed by atoms with E-state index >= 15 is 0 Å². The van der Waals surface area contributed by atoms with E-state index in [1.165, 1.54) is 31.3 Å². The van der Waals surface area contributed by atoms with Crippen molar-refractivity contribution < 1.29 is 12.8 Å². The van der Waals surface area contributed by atoms with Crippen LogP contribution in [0.25, 0.3) is 0 Å². The molecule has 0 bridgehead atoms. The zero-order valence-electron chi connectivity index (χ0n) is 10.8. The molecule has 0 saturated carbocycles. The zero-order valence-corrected chi connectivity index (χ0v) is 14.8. The largest absolute Gasteiger partial charge is 0.398 e. The van der Waals surface area contributed by atoms with Crippen LogP contribution >= 0.6 is 31.9 Å². The van der Waals surface area contributed by atoms with Gasteiger partial charge in [-0.1, -0.05) is 22.0 Å². The van der Waals surface area contributed by atoms with Crippen molar-refractivity contribution in [2.24, 2.45) is 0 Å². The molecule has 0 spiro atoms. The molecule has 0 amide bonds. The fraction of sp³-hybridized carbons (Fsp3) is 0.0769. The third kappa shape index (κ3) is 3.22. The predicted molar refractivity (Wildman–Crippen MR) is 88.2 cm³/mol. The summed E-state index contributed by atoms with van der Waals surface area (Å²) in [7, 11) is -2.57. The predicted octanol–water partition coefficient (Wildman–Crippen LogP) is 3.76. The van der Waals surface area contributed by atoms with Crippen molar-refractivity contribution in [3.05, 3.63) is 51.2 Å². The number of halogens is 3. The smallest absolute Gasteiger partial charge is 0.267 e. The summed E-state index contributed by atoms with van der Waals surface area (Å²) in [6.07, 6.45) is 0. The summed E-state index contributed by atoms with van der Waals surface area (Å²) < 4.78 is 40.6. The lowest BCUT2D eigenvalue weighted by atomic mass is 10.3. The molecular formula is C13H11Br2FN2O2S. The molecule has 2 aromatic carbocycles. The Labute approximate surface area is 139 Å². The summed E-state index contributed by atoms with van der Waals surface area (Å²) in [5.74, 6) is -0.516. The number of nitrogens with two attached hydrogens (primary N) is 1. The number of nitrogens with zero attached hydrogens (tertiary/aromatic N) is 1. The van der Waals surface area contributed by atoms with Gasteiger partial charge in [-0.3, -0.25) is 4.31 Å². The highest BCUT2D eigenvalue weighted by molar-refractivity contribution is 9.11. The molecular weight excluding hydrogens is 427 g/mol. The van der Waals surface area contributed by atoms with Gasteiger partial charge in [-0.25, -0.2) is 12.8 Å². The van der Waals surface area contributed by atoms with Gasteiger partial charge in [-0.2, -0.15) is 0 Å². The van der Waals surface area contributed by atoms with E-state index in [1.807, 2.05) is 0 Å². The highest BCUT2D eigenvalue weighted by atomic mass is 79.9. The van der Waals surface area contributed by atoms with Crippen LogP contribution in [0.4, 0.5) is 15.8 Å². The minimum Gasteiger partial charge on any atom is -0.398 e. The molecule has 0 unspecified atom stereocenters. The second-order valence-corrected chi connectivity index (χ2v) is 7.93. The van der Waals surface area contributed by atoms with Gasteiger partial charge in [0.1, 0.15) is 10.7 Å². The van der Waals surface area contributed by atoms with Crippen molar-refractivity contribution >= 4 is 53.3 Å². The van der Waals surface area contributed by atoms with Gasteiger partial charge in [0.05, 0.1) is 11.4 Å². The summed E-state index contributed by atoms with van der Waals surface area (Å²) in [6, 6.07) is 8.41. The monoisotopic (exact) mass is 436 g/mol. The summed E-state index contributed by atoms with van der Waals surface area (Å²) in [6.45, 7) is 0. The van der Waals surface area contributed by atoms with Crippen molar-refractivity contribution in [2.45, 2.75) is 4.90 Å². The maximum absolute atomic E-state index is 13.3. The average Bonchev–Trinajstić information content (AvgIpc) is 2.36. The van der Waals surface area contributed by atoms with E-state index in [4.69, 9.17) is 5.73 Å². The van der Waals surface area contributed by atoms with Gasteiger partial charge in [0, 0.05) is 16.0 Å². The van der Waals surface area contributed by atoms with Crippen molar-refractivity contribution in [3.8, 4) is 0 Å². The zero-order chi connectivity index (χ0) is 15.8. The number of anilines is 2. The highest BCUT2D eigenvalue weighted by Gasteiger charge is 2.27. The van der Waals surface area contributed by atoms with E-state index in [0.29, 0.717) is 8.95 Å². The first-order valence-corrected chi connectivity index (χ1v) is 8.75. The molecule has 0 aliphatic heterocycles. The number of benzene rings is 2. The lowest BCUT2D eigenvalue weighted by Gasteiger charge is -2.21. The normalized spacial score (nSPS) is 11.4. The van der Waals surface area contributed by atoms with Gasteiger partial charge in [0.25, 0.3) is 10.0 Å². The molecule has 2 aromatic rings. The molecule has 8 heteroatoms.